The molecular formula is C24H30O2. The van der Waals surface area contributed by atoms with Crippen molar-refractivity contribution in [3.63, 3.8) is 0 Å². The molecule has 1 N–H and O–H groups in total. The molecule has 1 unspecified atom stereocenters. The molecule has 0 radical (unpaired) electrons. The third-order valence-electron chi connectivity index (χ3n) is 6.34. The lowest BCUT2D eigenvalue weighted by molar-refractivity contribution is 0.0696. The molecule has 2 nitrogen and oxygen atoms in total. The Morgan fingerprint density at radius 3 is 2.15 bits per heavy atom. The van der Waals surface area contributed by atoms with Crippen molar-refractivity contribution in [3.05, 3.63) is 69.8 Å². The standard InChI is InChI=1S/C24H30O2/c1-15-12-20-21(24(5,6)11-10-23(20,3)4)14-19(15)16(2)17-8-7-9-18(13-17)22(25)26/h7-9,12-14,16H,10-11H2,1-6H3,(H,25,26). The number of hydrogen-bond acceptors (Lipinski definition) is 1. The number of fused-ring (bicyclic) bond motifs is 1. The van der Waals surface area contributed by atoms with E-state index in [1.54, 1.807) is 12.1 Å². The van der Waals surface area contributed by atoms with Gasteiger partial charge in [0.2, 0.25) is 0 Å². The van der Waals surface area contributed by atoms with Gasteiger partial charge in [-0.3, -0.25) is 0 Å². The number of carboxylic acids is 1. The first-order valence-electron chi connectivity index (χ1n) is 9.52. The minimum atomic E-state index is -0.871. The summed E-state index contributed by atoms with van der Waals surface area (Å²) in [5.41, 5.74) is 7.32. The molecule has 0 amide bonds. The van der Waals surface area contributed by atoms with Crippen LogP contribution in [-0.2, 0) is 10.8 Å². The van der Waals surface area contributed by atoms with E-state index in [9.17, 15) is 9.90 Å². The third-order valence-corrected chi connectivity index (χ3v) is 6.34. The monoisotopic (exact) mass is 350 g/mol. The van der Waals surface area contributed by atoms with Gasteiger partial charge in [-0.2, -0.15) is 0 Å². The second-order valence-corrected chi connectivity index (χ2v) is 9.17. The van der Waals surface area contributed by atoms with E-state index >= 15 is 0 Å². The first-order valence-corrected chi connectivity index (χ1v) is 9.52. The fourth-order valence-electron chi connectivity index (χ4n) is 4.33. The van der Waals surface area contributed by atoms with Gasteiger partial charge in [0.15, 0.2) is 0 Å². The maximum Gasteiger partial charge on any atom is 0.335 e. The van der Waals surface area contributed by atoms with Gasteiger partial charge in [0.1, 0.15) is 0 Å². The molecule has 0 aromatic heterocycles. The minimum absolute atomic E-state index is 0.167. The number of benzene rings is 2. The van der Waals surface area contributed by atoms with Crippen LogP contribution in [0.5, 0.6) is 0 Å². The Morgan fingerprint density at radius 2 is 1.58 bits per heavy atom. The van der Waals surface area contributed by atoms with Crippen molar-refractivity contribution in [2.45, 2.75) is 71.1 Å². The summed E-state index contributed by atoms with van der Waals surface area (Å²) in [6.45, 7) is 13.7. The predicted molar refractivity (Wildman–Crippen MR) is 107 cm³/mol. The molecule has 2 heteroatoms. The normalized spacial score (nSPS) is 18.8. The highest BCUT2D eigenvalue weighted by atomic mass is 16.4. The van der Waals surface area contributed by atoms with Crippen LogP contribution in [0, 0.1) is 6.92 Å². The Balaban J connectivity index is 2.12. The smallest absolute Gasteiger partial charge is 0.335 e. The van der Waals surface area contributed by atoms with E-state index < -0.39 is 5.97 Å². The van der Waals surface area contributed by atoms with Crippen LogP contribution >= 0.6 is 0 Å². The summed E-state index contributed by atoms with van der Waals surface area (Å²) in [5.74, 6) is -0.704. The molecule has 0 saturated carbocycles. The Morgan fingerprint density at radius 1 is 1.00 bits per heavy atom. The first kappa shape index (κ1) is 18.7. The van der Waals surface area contributed by atoms with Crippen LogP contribution in [0.4, 0.5) is 0 Å². The first-order chi connectivity index (χ1) is 12.0. The van der Waals surface area contributed by atoms with Gasteiger partial charge in [0.25, 0.3) is 0 Å². The number of carboxylic acid groups (broad SMARTS) is 1. The summed E-state index contributed by atoms with van der Waals surface area (Å²) in [7, 11) is 0. The molecule has 1 aliphatic carbocycles. The van der Waals surface area contributed by atoms with Crippen molar-refractivity contribution in [2.75, 3.05) is 0 Å². The number of rotatable bonds is 3. The Bertz CT molecular complexity index is 859. The van der Waals surface area contributed by atoms with E-state index in [2.05, 4.69) is 53.7 Å². The summed E-state index contributed by atoms with van der Waals surface area (Å²) >= 11 is 0. The quantitative estimate of drug-likeness (QED) is 0.716. The molecular weight excluding hydrogens is 320 g/mol. The van der Waals surface area contributed by atoms with Crippen LogP contribution in [0.15, 0.2) is 36.4 Å². The van der Waals surface area contributed by atoms with E-state index in [0.717, 1.165) is 5.56 Å². The Hall–Kier alpha value is -2.09. The van der Waals surface area contributed by atoms with Crippen LogP contribution < -0.4 is 0 Å². The van der Waals surface area contributed by atoms with Crippen molar-refractivity contribution >= 4 is 5.97 Å². The number of carbonyl (C=O) groups is 1. The minimum Gasteiger partial charge on any atom is -0.478 e. The molecule has 26 heavy (non-hydrogen) atoms. The zero-order valence-corrected chi connectivity index (χ0v) is 16.8. The molecule has 1 aliphatic rings. The molecule has 0 heterocycles. The van der Waals surface area contributed by atoms with Gasteiger partial charge in [-0.25, -0.2) is 4.79 Å². The largest absolute Gasteiger partial charge is 0.478 e. The molecule has 0 saturated heterocycles. The lowest BCUT2D eigenvalue weighted by atomic mass is 9.62. The molecule has 3 rings (SSSR count). The number of aryl methyl sites for hydroxylation is 1. The lowest BCUT2D eigenvalue weighted by Crippen LogP contribution is -2.34. The molecule has 0 spiro atoms. The van der Waals surface area contributed by atoms with Crippen molar-refractivity contribution in [1.29, 1.82) is 0 Å². The van der Waals surface area contributed by atoms with E-state index in [-0.39, 0.29) is 16.7 Å². The highest BCUT2D eigenvalue weighted by molar-refractivity contribution is 5.87. The van der Waals surface area contributed by atoms with Crippen LogP contribution in [0.1, 0.15) is 91.6 Å². The summed E-state index contributed by atoms with van der Waals surface area (Å²) in [4.78, 5) is 11.3. The molecule has 2 aromatic rings. The van der Waals surface area contributed by atoms with Crippen molar-refractivity contribution in [2.24, 2.45) is 0 Å². The molecule has 138 valence electrons. The van der Waals surface area contributed by atoms with Gasteiger partial charge < -0.3 is 5.11 Å². The zero-order valence-electron chi connectivity index (χ0n) is 16.8. The van der Waals surface area contributed by atoms with Gasteiger partial charge in [-0.15, -0.1) is 0 Å². The third kappa shape index (κ3) is 3.18. The Kier molecular flexibility index (Phi) is 4.50. The summed E-state index contributed by atoms with van der Waals surface area (Å²) in [6.07, 6.45) is 2.40. The average Bonchev–Trinajstić information content (AvgIpc) is 2.58. The predicted octanol–water partition coefficient (Wildman–Crippen LogP) is 6.19. The number of hydrogen-bond donors (Lipinski definition) is 1. The van der Waals surface area contributed by atoms with Gasteiger partial charge in [0, 0.05) is 5.92 Å². The number of aromatic carboxylic acids is 1. The van der Waals surface area contributed by atoms with Crippen LogP contribution in [-0.4, -0.2) is 11.1 Å². The summed E-state index contributed by atoms with van der Waals surface area (Å²) < 4.78 is 0. The fraction of sp³-hybridized carbons (Fsp3) is 0.458. The highest BCUT2D eigenvalue weighted by Gasteiger charge is 2.37. The van der Waals surface area contributed by atoms with Gasteiger partial charge in [-0.05, 0) is 70.5 Å². The van der Waals surface area contributed by atoms with E-state index in [1.807, 2.05) is 12.1 Å². The lowest BCUT2D eigenvalue weighted by Gasteiger charge is -2.42. The van der Waals surface area contributed by atoms with Crippen LogP contribution in [0.25, 0.3) is 0 Å². The second-order valence-electron chi connectivity index (χ2n) is 9.17. The molecule has 0 fully saturated rings. The van der Waals surface area contributed by atoms with Gasteiger partial charge in [0.05, 0.1) is 5.56 Å². The Labute approximate surface area is 157 Å². The maximum absolute atomic E-state index is 11.3. The molecule has 0 aliphatic heterocycles. The van der Waals surface area contributed by atoms with Crippen molar-refractivity contribution in [3.8, 4) is 0 Å². The van der Waals surface area contributed by atoms with Crippen LogP contribution in [0.3, 0.4) is 0 Å². The SMILES string of the molecule is Cc1cc2c(cc1C(C)c1cccc(C(=O)O)c1)C(C)(C)CCC2(C)C. The van der Waals surface area contributed by atoms with E-state index in [1.165, 1.54) is 35.1 Å². The molecule has 2 aromatic carbocycles. The average molecular weight is 351 g/mol. The van der Waals surface area contributed by atoms with E-state index in [0.29, 0.717) is 5.56 Å². The van der Waals surface area contributed by atoms with Crippen molar-refractivity contribution < 1.29 is 9.90 Å². The molecule has 1 atom stereocenters. The molecule has 0 bridgehead atoms. The fourth-order valence-corrected chi connectivity index (χ4v) is 4.33. The highest BCUT2D eigenvalue weighted by Crippen LogP contribution is 2.47. The van der Waals surface area contributed by atoms with Gasteiger partial charge in [-0.1, -0.05) is 58.9 Å². The summed E-state index contributed by atoms with van der Waals surface area (Å²) in [5, 5.41) is 9.30. The van der Waals surface area contributed by atoms with Gasteiger partial charge >= 0.3 is 5.97 Å². The maximum atomic E-state index is 11.3. The zero-order chi connectivity index (χ0) is 19.3. The second kappa shape index (κ2) is 6.26. The van der Waals surface area contributed by atoms with Crippen LogP contribution in [0.2, 0.25) is 0 Å². The summed E-state index contributed by atoms with van der Waals surface area (Å²) in [6, 6.07) is 12.1. The van der Waals surface area contributed by atoms with E-state index in [4.69, 9.17) is 0 Å². The topological polar surface area (TPSA) is 37.3 Å². The van der Waals surface area contributed by atoms with Crippen molar-refractivity contribution in [1.82, 2.24) is 0 Å².